The second kappa shape index (κ2) is 8.93. The largest absolute Gasteiger partial charge is 0.383 e. The Kier molecular flexibility index (Phi) is 6.75. The highest BCUT2D eigenvalue weighted by Gasteiger charge is 2.24. The number of hydrogen-bond acceptors (Lipinski definition) is 4. The van der Waals surface area contributed by atoms with Crippen molar-refractivity contribution in [1.82, 2.24) is 14.3 Å². The SMILES string of the molecule is COCCN(C)S(=O)(=O)c1cc(-c2nc(-c3ccc(Br)c(F)c3)c[nH]2)ccc1Cl. The van der Waals surface area contributed by atoms with Gasteiger partial charge in [-0.1, -0.05) is 17.7 Å². The van der Waals surface area contributed by atoms with Gasteiger partial charge in [-0.05, 0) is 46.3 Å². The second-order valence-electron chi connectivity index (χ2n) is 6.23. The summed E-state index contributed by atoms with van der Waals surface area (Å²) < 4.78 is 46.0. The van der Waals surface area contributed by atoms with Crippen molar-refractivity contribution in [2.75, 3.05) is 27.3 Å². The molecule has 1 aromatic heterocycles. The summed E-state index contributed by atoms with van der Waals surface area (Å²) in [4.78, 5) is 7.43. The van der Waals surface area contributed by atoms with E-state index in [1.54, 1.807) is 24.4 Å². The van der Waals surface area contributed by atoms with Crippen LogP contribution in [0.2, 0.25) is 5.02 Å². The van der Waals surface area contributed by atoms with Crippen LogP contribution < -0.4 is 0 Å². The number of nitrogens with zero attached hydrogens (tertiary/aromatic N) is 2. The monoisotopic (exact) mass is 501 g/mol. The van der Waals surface area contributed by atoms with Gasteiger partial charge in [-0.25, -0.2) is 17.8 Å². The highest BCUT2D eigenvalue weighted by molar-refractivity contribution is 9.10. The Hall–Kier alpha value is -1.78. The van der Waals surface area contributed by atoms with Crippen molar-refractivity contribution in [3.63, 3.8) is 0 Å². The molecule has 0 unspecified atom stereocenters. The summed E-state index contributed by atoms with van der Waals surface area (Å²) in [6.45, 7) is 0.456. The van der Waals surface area contributed by atoms with Crippen LogP contribution in [-0.4, -0.2) is 50.0 Å². The maximum atomic E-state index is 13.8. The molecule has 2 aromatic carbocycles. The van der Waals surface area contributed by atoms with Crippen molar-refractivity contribution in [2.45, 2.75) is 4.90 Å². The van der Waals surface area contributed by atoms with Gasteiger partial charge < -0.3 is 9.72 Å². The van der Waals surface area contributed by atoms with Crippen molar-refractivity contribution in [2.24, 2.45) is 0 Å². The number of rotatable bonds is 7. The van der Waals surface area contributed by atoms with Crippen LogP contribution in [0.15, 0.2) is 52.0 Å². The summed E-state index contributed by atoms with van der Waals surface area (Å²) in [6, 6.07) is 9.34. The van der Waals surface area contributed by atoms with E-state index in [0.717, 1.165) is 0 Å². The number of aromatic nitrogens is 2. The van der Waals surface area contributed by atoms with Gasteiger partial charge >= 0.3 is 0 Å². The normalized spacial score (nSPS) is 11.9. The Labute approximate surface area is 181 Å². The molecule has 3 rings (SSSR count). The number of nitrogens with one attached hydrogen (secondary N) is 1. The molecule has 6 nitrogen and oxygen atoms in total. The summed E-state index contributed by atoms with van der Waals surface area (Å²) >= 11 is 9.29. The lowest BCUT2D eigenvalue weighted by molar-refractivity contribution is 0.185. The van der Waals surface area contributed by atoms with Crippen molar-refractivity contribution < 1.29 is 17.5 Å². The van der Waals surface area contributed by atoms with E-state index >= 15 is 0 Å². The minimum atomic E-state index is -3.80. The number of methoxy groups -OCH3 is 1. The Balaban J connectivity index is 1.96. The van der Waals surface area contributed by atoms with Crippen LogP contribution >= 0.6 is 27.5 Å². The highest BCUT2D eigenvalue weighted by atomic mass is 79.9. The van der Waals surface area contributed by atoms with Crippen LogP contribution in [0.3, 0.4) is 0 Å². The number of sulfonamides is 1. The van der Waals surface area contributed by atoms with E-state index in [1.165, 1.54) is 36.7 Å². The standard InChI is InChI=1S/C19H18BrClFN3O3S/c1-25(7-8-28-2)29(26,27)18-10-13(4-6-15(18)21)19-23-11-17(24-19)12-3-5-14(20)16(22)9-12/h3-6,9-11H,7-8H2,1-2H3,(H,23,24). The average molecular weight is 503 g/mol. The van der Waals surface area contributed by atoms with Gasteiger partial charge in [0.15, 0.2) is 0 Å². The van der Waals surface area contributed by atoms with Gasteiger partial charge in [0.25, 0.3) is 0 Å². The number of aromatic amines is 1. The lowest BCUT2D eigenvalue weighted by Gasteiger charge is -2.18. The molecule has 0 saturated heterocycles. The molecule has 1 N–H and O–H groups in total. The smallest absolute Gasteiger partial charge is 0.244 e. The first-order chi connectivity index (χ1) is 13.7. The molecule has 0 aliphatic rings. The molecule has 0 aliphatic carbocycles. The molecular formula is C19H18BrClFN3O3S. The number of hydrogen-bond donors (Lipinski definition) is 1. The Morgan fingerprint density at radius 2 is 1.97 bits per heavy atom. The molecular weight excluding hydrogens is 485 g/mol. The first-order valence-electron chi connectivity index (χ1n) is 8.50. The number of halogens is 3. The van der Waals surface area contributed by atoms with E-state index in [4.69, 9.17) is 16.3 Å². The summed E-state index contributed by atoms with van der Waals surface area (Å²) in [7, 11) is -0.841. The summed E-state index contributed by atoms with van der Waals surface area (Å²) in [5, 5.41) is 0.111. The van der Waals surface area contributed by atoms with Gasteiger partial charge in [-0.2, -0.15) is 4.31 Å². The number of likely N-dealkylation sites (N-methyl/N-ethyl adjacent to an activating group) is 1. The molecule has 0 atom stereocenters. The fourth-order valence-corrected chi connectivity index (χ4v) is 4.53. The molecule has 29 heavy (non-hydrogen) atoms. The van der Waals surface area contributed by atoms with Crippen molar-refractivity contribution in [3.8, 4) is 22.6 Å². The maximum Gasteiger partial charge on any atom is 0.244 e. The van der Waals surface area contributed by atoms with Crippen LogP contribution in [0.5, 0.6) is 0 Å². The maximum absolute atomic E-state index is 13.8. The Morgan fingerprint density at radius 3 is 2.66 bits per heavy atom. The van der Waals surface area contributed by atoms with Gasteiger partial charge in [-0.3, -0.25) is 0 Å². The topological polar surface area (TPSA) is 75.3 Å². The zero-order valence-corrected chi connectivity index (χ0v) is 18.8. The lowest BCUT2D eigenvalue weighted by Crippen LogP contribution is -2.30. The molecule has 0 radical (unpaired) electrons. The number of benzene rings is 2. The molecule has 3 aromatic rings. The average Bonchev–Trinajstić information content (AvgIpc) is 3.18. The van der Waals surface area contributed by atoms with Gasteiger partial charge in [-0.15, -0.1) is 0 Å². The van der Waals surface area contributed by atoms with E-state index in [2.05, 4.69) is 25.9 Å². The van der Waals surface area contributed by atoms with Gasteiger partial charge in [0.1, 0.15) is 16.5 Å². The van der Waals surface area contributed by atoms with Gasteiger partial charge in [0.05, 0.1) is 21.8 Å². The van der Waals surface area contributed by atoms with Crippen molar-refractivity contribution >= 4 is 37.6 Å². The van der Waals surface area contributed by atoms with Crippen LogP contribution in [0.4, 0.5) is 4.39 Å². The molecule has 154 valence electrons. The first-order valence-corrected chi connectivity index (χ1v) is 11.1. The van der Waals surface area contributed by atoms with Crippen LogP contribution in [0.25, 0.3) is 22.6 Å². The molecule has 0 bridgehead atoms. The lowest BCUT2D eigenvalue weighted by atomic mass is 10.2. The molecule has 0 saturated carbocycles. The van der Waals surface area contributed by atoms with Gasteiger partial charge in [0, 0.05) is 38.0 Å². The van der Waals surface area contributed by atoms with Gasteiger partial charge in [0.2, 0.25) is 10.0 Å². The Bertz CT molecular complexity index is 1140. The molecule has 10 heteroatoms. The fraction of sp³-hybridized carbons (Fsp3) is 0.211. The van der Waals surface area contributed by atoms with E-state index in [-0.39, 0.29) is 23.1 Å². The number of imidazole rings is 1. The van der Waals surface area contributed by atoms with Crippen LogP contribution in [0, 0.1) is 5.82 Å². The third-order valence-electron chi connectivity index (χ3n) is 4.30. The quantitative estimate of drug-likeness (QED) is 0.514. The number of ether oxygens (including phenoxy) is 1. The summed E-state index contributed by atoms with van der Waals surface area (Å²) in [5.41, 5.74) is 1.66. The summed E-state index contributed by atoms with van der Waals surface area (Å²) in [5.74, 6) is 0.0435. The van der Waals surface area contributed by atoms with E-state index in [0.29, 0.717) is 27.1 Å². The minimum absolute atomic E-state index is 0.0251. The van der Waals surface area contributed by atoms with Crippen molar-refractivity contribution in [3.05, 3.63) is 57.9 Å². The minimum Gasteiger partial charge on any atom is -0.383 e. The van der Waals surface area contributed by atoms with Crippen LogP contribution in [-0.2, 0) is 14.8 Å². The van der Waals surface area contributed by atoms with Crippen molar-refractivity contribution in [1.29, 1.82) is 0 Å². The molecule has 0 fully saturated rings. The predicted molar refractivity (Wildman–Crippen MR) is 114 cm³/mol. The van der Waals surface area contributed by atoms with Crippen LogP contribution in [0.1, 0.15) is 0 Å². The highest BCUT2D eigenvalue weighted by Crippen LogP contribution is 2.30. The third kappa shape index (κ3) is 4.70. The summed E-state index contributed by atoms with van der Waals surface area (Å²) in [6.07, 6.45) is 1.63. The fourth-order valence-electron chi connectivity index (χ4n) is 2.63. The Morgan fingerprint density at radius 1 is 1.24 bits per heavy atom. The molecule has 0 amide bonds. The zero-order valence-electron chi connectivity index (χ0n) is 15.6. The first kappa shape index (κ1) is 21.9. The zero-order chi connectivity index (χ0) is 21.2. The van der Waals surface area contributed by atoms with E-state index in [9.17, 15) is 12.8 Å². The second-order valence-corrected chi connectivity index (χ2v) is 9.50. The predicted octanol–water partition coefficient (Wildman–Crippen LogP) is 4.57. The molecule has 1 heterocycles. The number of H-pyrrole nitrogens is 1. The third-order valence-corrected chi connectivity index (χ3v) is 7.28. The molecule has 0 aliphatic heterocycles. The molecule has 0 spiro atoms. The van der Waals surface area contributed by atoms with E-state index in [1.807, 2.05) is 0 Å². The van der Waals surface area contributed by atoms with E-state index < -0.39 is 15.8 Å².